The van der Waals surface area contributed by atoms with Gasteiger partial charge in [0.05, 0.1) is 0 Å². The van der Waals surface area contributed by atoms with Crippen LogP contribution in [0.1, 0.15) is 6.42 Å². The van der Waals surface area contributed by atoms with Gasteiger partial charge in [-0.25, -0.2) is 0 Å². The number of carbonyl (C=O) groups is 1. The van der Waals surface area contributed by atoms with Gasteiger partial charge in [-0.2, -0.15) is 0 Å². The maximum Gasteiger partial charge on any atom is 0.225 e. The van der Waals surface area contributed by atoms with Crippen molar-refractivity contribution in [1.82, 2.24) is 4.90 Å². The van der Waals surface area contributed by atoms with E-state index in [1.54, 1.807) is 12.1 Å². The highest BCUT2D eigenvalue weighted by Gasteiger charge is 2.22. The maximum atomic E-state index is 11.6. The summed E-state index contributed by atoms with van der Waals surface area (Å²) in [7, 11) is 0. The van der Waals surface area contributed by atoms with Crippen LogP contribution >= 0.6 is 11.6 Å². The monoisotopic (exact) mass is 253 g/mol. The molecule has 2 rings (SSSR count). The highest BCUT2D eigenvalue weighted by molar-refractivity contribution is 6.30. The Balaban J connectivity index is 1.73. The Labute approximate surface area is 106 Å². The molecule has 3 N–H and O–H groups in total. The van der Waals surface area contributed by atoms with Gasteiger partial charge in [-0.15, -0.1) is 0 Å². The first-order chi connectivity index (χ1) is 8.13. The van der Waals surface area contributed by atoms with Crippen LogP contribution < -0.4 is 11.1 Å². The van der Waals surface area contributed by atoms with Crippen molar-refractivity contribution >= 4 is 23.2 Å². The highest BCUT2D eigenvalue weighted by Crippen LogP contribution is 2.15. The van der Waals surface area contributed by atoms with Gasteiger partial charge in [0, 0.05) is 42.8 Å². The molecule has 1 heterocycles. The number of nitrogens with one attached hydrogen (secondary N) is 1. The fourth-order valence-electron chi connectivity index (χ4n) is 1.84. The Kier molecular flexibility index (Phi) is 3.99. The SMILES string of the molecule is NC1CN(CCC(=O)Nc2cccc(Cl)c2)C1. The third-order valence-corrected chi connectivity index (χ3v) is 2.98. The van der Waals surface area contributed by atoms with E-state index in [1.807, 2.05) is 12.1 Å². The summed E-state index contributed by atoms with van der Waals surface area (Å²) in [5.74, 6) is 0.00716. The first kappa shape index (κ1) is 12.4. The fourth-order valence-corrected chi connectivity index (χ4v) is 2.03. The average molecular weight is 254 g/mol. The second-order valence-corrected chi connectivity index (χ2v) is 4.76. The van der Waals surface area contributed by atoms with Gasteiger partial charge in [-0.3, -0.25) is 9.69 Å². The lowest BCUT2D eigenvalue weighted by Crippen LogP contribution is -2.56. The molecule has 0 atom stereocenters. The second-order valence-electron chi connectivity index (χ2n) is 4.33. The zero-order chi connectivity index (χ0) is 12.3. The standard InChI is InChI=1S/C12H16ClN3O/c13-9-2-1-3-11(6-9)15-12(17)4-5-16-7-10(14)8-16/h1-3,6,10H,4-5,7-8,14H2,(H,15,17). The molecule has 0 spiro atoms. The molecule has 1 aromatic carbocycles. The molecule has 92 valence electrons. The smallest absolute Gasteiger partial charge is 0.225 e. The fraction of sp³-hybridized carbons (Fsp3) is 0.417. The van der Waals surface area contributed by atoms with Gasteiger partial charge in [-0.1, -0.05) is 17.7 Å². The number of rotatable bonds is 4. The molecule has 4 nitrogen and oxygen atoms in total. The molecule has 1 aliphatic rings. The Morgan fingerprint density at radius 1 is 1.53 bits per heavy atom. The highest BCUT2D eigenvalue weighted by atomic mass is 35.5. The summed E-state index contributed by atoms with van der Waals surface area (Å²) in [5.41, 5.74) is 6.40. The van der Waals surface area contributed by atoms with Crippen molar-refractivity contribution in [3.63, 3.8) is 0 Å². The Hall–Kier alpha value is -1.10. The molecule has 0 saturated carbocycles. The van der Waals surface area contributed by atoms with E-state index in [0.717, 1.165) is 25.3 Å². The van der Waals surface area contributed by atoms with Gasteiger partial charge in [-0.05, 0) is 18.2 Å². The summed E-state index contributed by atoms with van der Waals surface area (Å²) < 4.78 is 0. The number of amides is 1. The summed E-state index contributed by atoms with van der Waals surface area (Å²) >= 11 is 5.83. The minimum atomic E-state index is 0.00716. The van der Waals surface area contributed by atoms with Crippen LogP contribution in [0.3, 0.4) is 0 Å². The average Bonchev–Trinajstić information content (AvgIpc) is 2.23. The molecule has 1 aliphatic heterocycles. The van der Waals surface area contributed by atoms with Crippen molar-refractivity contribution in [3.05, 3.63) is 29.3 Å². The van der Waals surface area contributed by atoms with Crippen molar-refractivity contribution in [2.24, 2.45) is 5.73 Å². The molecule has 1 saturated heterocycles. The number of benzene rings is 1. The van der Waals surface area contributed by atoms with Crippen molar-refractivity contribution in [1.29, 1.82) is 0 Å². The lowest BCUT2D eigenvalue weighted by molar-refractivity contribution is -0.116. The predicted octanol–water partition coefficient (Wildman–Crippen LogP) is 1.31. The largest absolute Gasteiger partial charge is 0.326 e. The molecular weight excluding hydrogens is 238 g/mol. The first-order valence-corrected chi connectivity index (χ1v) is 6.04. The number of hydrogen-bond acceptors (Lipinski definition) is 3. The maximum absolute atomic E-state index is 11.6. The molecule has 5 heteroatoms. The van der Waals surface area contributed by atoms with Crippen LogP contribution in [0, 0.1) is 0 Å². The topological polar surface area (TPSA) is 58.4 Å². The van der Waals surface area contributed by atoms with E-state index < -0.39 is 0 Å². The van der Waals surface area contributed by atoms with E-state index in [4.69, 9.17) is 17.3 Å². The third kappa shape index (κ3) is 3.70. The molecule has 0 bridgehead atoms. The summed E-state index contributed by atoms with van der Waals surface area (Å²) in [4.78, 5) is 13.8. The number of likely N-dealkylation sites (tertiary alicyclic amines) is 1. The van der Waals surface area contributed by atoms with E-state index in [1.165, 1.54) is 0 Å². The number of nitrogens with two attached hydrogens (primary N) is 1. The van der Waals surface area contributed by atoms with E-state index >= 15 is 0 Å². The third-order valence-electron chi connectivity index (χ3n) is 2.75. The summed E-state index contributed by atoms with van der Waals surface area (Å²) in [6, 6.07) is 7.43. The molecule has 1 aromatic rings. The van der Waals surface area contributed by atoms with E-state index in [-0.39, 0.29) is 11.9 Å². The van der Waals surface area contributed by atoms with Crippen LogP contribution in [0.25, 0.3) is 0 Å². The molecule has 1 amide bonds. The molecule has 0 radical (unpaired) electrons. The minimum absolute atomic E-state index is 0.00716. The lowest BCUT2D eigenvalue weighted by Gasteiger charge is -2.36. The van der Waals surface area contributed by atoms with Gasteiger partial charge in [0.25, 0.3) is 0 Å². The van der Waals surface area contributed by atoms with Gasteiger partial charge in [0.2, 0.25) is 5.91 Å². The Morgan fingerprint density at radius 3 is 2.94 bits per heavy atom. The van der Waals surface area contributed by atoms with E-state index in [0.29, 0.717) is 11.4 Å². The second kappa shape index (κ2) is 5.49. The minimum Gasteiger partial charge on any atom is -0.326 e. The molecule has 0 unspecified atom stereocenters. The zero-order valence-corrected chi connectivity index (χ0v) is 10.3. The zero-order valence-electron chi connectivity index (χ0n) is 9.53. The summed E-state index contributed by atoms with van der Waals surface area (Å²) in [5, 5.41) is 3.44. The van der Waals surface area contributed by atoms with Crippen molar-refractivity contribution in [2.45, 2.75) is 12.5 Å². The Morgan fingerprint density at radius 2 is 2.29 bits per heavy atom. The van der Waals surface area contributed by atoms with Crippen molar-refractivity contribution in [3.8, 4) is 0 Å². The van der Waals surface area contributed by atoms with Gasteiger partial charge in [0.1, 0.15) is 0 Å². The molecule has 17 heavy (non-hydrogen) atoms. The predicted molar refractivity (Wildman–Crippen MR) is 69.1 cm³/mol. The number of anilines is 1. The van der Waals surface area contributed by atoms with E-state index in [9.17, 15) is 4.79 Å². The van der Waals surface area contributed by atoms with Crippen molar-refractivity contribution in [2.75, 3.05) is 25.0 Å². The summed E-state index contributed by atoms with van der Waals surface area (Å²) in [6.45, 7) is 2.55. The Bertz CT molecular complexity index is 404. The van der Waals surface area contributed by atoms with Crippen molar-refractivity contribution < 1.29 is 4.79 Å². The number of hydrogen-bond donors (Lipinski definition) is 2. The van der Waals surface area contributed by atoms with Crippen LogP contribution in [0.5, 0.6) is 0 Å². The van der Waals surface area contributed by atoms with Crippen LogP contribution in [0.2, 0.25) is 5.02 Å². The first-order valence-electron chi connectivity index (χ1n) is 5.67. The number of nitrogens with zero attached hydrogens (tertiary/aromatic N) is 1. The molecule has 1 fully saturated rings. The normalized spacial score (nSPS) is 16.6. The van der Waals surface area contributed by atoms with E-state index in [2.05, 4.69) is 10.2 Å². The van der Waals surface area contributed by atoms with Crippen LogP contribution in [-0.2, 0) is 4.79 Å². The van der Waals surface area contributed by atoms with Crippen LogP contribution in [-0.4, -0.2) is 36.5 Å². The van der Waals surface area contributed by atoms with Gasteiger partial charge >= 0.3 is 0 Å². The summed E-state index contributed by atoms with van der Waals surface area (Å²) in [6.07, 6.45) is 0.485. The van der Waals surface area contributed by atoms with Gasteiger partial charge in [0.15, 0.2) is 0 Å². The van der Waals surface area contributed by atoms with Crippen LogP contribution in [0.4, 0.5) is 5.69 Å². The number of halogens is 1. The quantitative estimate of drug-likeness (QED) is 0.851. The number of carbonyl (C=O) groups excluding carboxylic acids is 1. The molecule has 0 aliphatic carbocycles. The van der Waals surface area contributed by atoms with Crippen LogP contribution in [0.15, 0.2) is 24.3 Å². The molecule has 0 aromatic heterocycles. The lowest BCUT2D eigenvalue weighted by atomic mass is 10.1. The molecular formula is C12H16ClN3O. The van der Waals surface area contributed by atoms with Gasteiger partial charge < -0.3 is 11.1 Å².